The van der Waals surface area contributed by atoms with Crippen LogP contribution in [-0.2, 0) is 61.9 Å². The molecule has 244 valence electrons. The van der Waals surface area contributed by atoms with Gasteiger partial charge in [-0.25, -0.2) is 0 Å². The summed E-state index contributed by atoms with van der Waals surface area (Å²) in [5.74, 6) is -3.98. The summed E-state index contributed by atoms with van der Waals surface area (Å²) in [7, 11) is 0. The second kappa shape index (κ2) is 14.4. The summed E-state index contributed by atoms with van der Waals surface area (Å²) >= 11 is 0. The Labute approximate surface area is 256 Å². The Hall–Kier alpha value is -3.74. The zero-order valence-electron chi connectivity index (χ0n) is 26.4. The molecule has 9 atom stereocenters. The third kappa shape index (κ3) is 8.25. The zero-order chi connectivity index (χ0) is 32.9. The number of ketones is 1. The van der Waals surface area contributed by atoms with Crippen LogP contribution >= 0.6 is 0 Å². The highest BCUT2D eigenvalue weighted by Crippen LogP contribution is 2.53. The molecule has 3 aliphatic rings. The van der Waals surface area contributed by atoms with Gasteiger partial charge in [-0.1, -0.05) is 19.4 Å². The van der Waals surface area contributed by atoms with E-state index in [4.69, 9.17) is 33.2 Å². The Morgan fingerprint density at radius 3 is 2.00 bits per heavy atom. The van der Waals surface area contributed by atoms with Crippen LogP contribution in [0.4, 0.5) is 0 Å². The van der Waals surface area contributed by atoms with Crippen molar-refractivity contribution in [2.45, 2.75) is 111 Å². The first-order valence-corrected chi connectivity index (χ1v) is 14.6. The van der Waals surface area contributed by atoms with E-state index in [1.54, 1.807) is 13.0 Å². The van der Waals surface area contributed by atoms with Gasteiger partial charge in [0.25, 0.3) is 0 Å². The van der Waals surface area contributed by atoms with E-state index in [9.17, 15) is 28.8 Å². The standard InChI is InChI=1S/C31H42O13/c1-15(23-12-31(8)16(2)25(40-18(4)33)10-9-22(31)11-24(23)37)13-39-30-29(43-21(7)36)28(42-20(6)35)27(41-19(5)34)26(44-30)14-38-17(3)32/h11,13,16,23,25-30H,9-10,12,14H2,1-8H3/b15-13+/t16-,23-,25-,26+,27+,28-,29+,30+,31+/m0/s1. The summed E-state index contributed by atoms with van der Waals surface area (Å²) in [6.07, 6.45) is -2.23. The van der Waals surface area contributed by atoms with Crippen molar-refractivity contribution < 1.29 is 61.9 Å². The second-order valence-electron chi connectivity index (χ2n) is 11.8. The summed E-state index contributed by atoms with van der Waals surface area (Å²) in [6.45, 7) is 11.3. The minimum atomic E-state index is -1.41. The van der Waals surface area contributed by atoms with Gasteiger partial charge in [0, 0.05) is 46.5 Å². The molecule has 0 radical (unpaired) electrons. The highest BCUT2D eigenvalue weighted by atomic mass is 16.7. The van der Waals surface area contributed by atoms with Crippen LogP contribution in [0.2, 0.25) is 0 Å². The Bertz CT molecular complexity index is 1220. The van der Waals surface area contributed by atoms with Gasteiger partial charge in [0.15, 0.2) is 18.0 Å². The summed E-state index contributed by atoms with van der Waals surface area (Å²) in [5.41, 5.74) is 1.14. The van der Waals surface area contributed by atoms with Crippen LogP contribution < -0.4 is 0 Å². The van der Waals surface area contributed by atoms with Crippen molar-refractivity contribution in [1.82, 2.24) is 0 Å². The summed E-state index contributed by atoms with van der Waals surface area (Å²) in [4.78, 5) is 72.6. The lowest BCUT2D eigenvalue weighted by atomic mass is 9.57. The fourth-order valence-electron chi connectivity index (χ4n) is 6.20. The minimum absolute atomic E-state index is 0.0459. The number of fused-ring (bicyclic) bond motifs is 1. The zero-order valence-corrected chi connectivity index (χ0v) is 26.4. The molecule has 1 saturated carbocycles. The third-order valence-corrected chi connectivity index (χ3v) is 8.49. The molecule has 1 heterocycles. The molecule has 1 aliphatic heterocycles. The van der Waals surface area contributed by atoms with Gasteiger partial charge in [-0.2, -0.15) is 0 Å². The number of carbonyl (C=O) groups is 6. The van der Waals surface area contributed by atoms with E-state index in [0.29, 0.717) is 24.8 Å². The Balaban J connectivity index is 1.92. The molecule has 44 heavy (non-hydrogen) atoms. The molecule has 1 saturated heterocycles. The van der Waals surface area contributed by atoms with Gasteiger partial charge in [0.05, 0.1) is 6.26 Å². The number of esters is 5. The molecular formula is C31H42O13. The average Bonchev–Trinajstić information content (AvgIpc) is 2.90. The molecule has 0 unspecified atom stereocenters. The SMILES string of the molecule is CC(=O)OC[C@H]1O[C@@H](O/C=C(\C)[C@@H]2C[C@@]3(C)C(=CC2=O)CC[C@H](OC(C)=O)[C@@H]3C)[C@H](OC(C)=O)[C@@H](OC(C)=O)[C@@H]1OC(C)=O. The Morgan fingerprint density at radius 1 is 0.864 bits per heavy atom. The quantitative estimate of drug-likeness (QED) is 0.209. The van der Waals surface area contributed by atoms with Gasteiger partial charge in [0.2, 0.25) is 12.4 Å². The number of allylic oxidation sites excluding steroid dienone is 3. The third-order valence-electron chi connectivity index (χ3n) is 8.49. The van der Waals surface area contributed by atoms with Gasteiger partial charge < -0.3 is 33.2 Å². The van der Waals surface area contributed by atoms with Crippen molar-refractivity contribution in [2.75, 3.05) is 6.61 Å². The predicted octanol–water partition coefficient (Wildman–Crippen LogP) is 2.87. The van der Waals surface area contributed by atoms with Crippen LogP contribution in [0, 0.1) is 17.3 Å². The highest BCUT2D eigenvalue weighted by Gasteiger charge is 2.53. The van der Waals surface area contributed by atoms with Crippen molar-refractivity contribution in [3.63, 3.8) is 0 Å². The molecule has 0 N–H and O–H groups in total. The van der Waals surface area contributed by atoms with Crippen molar-refractivity contribution in [1.29, 1.82) is 0 Å². The maximum Gasteiger partial charge on any atom is 0.303 e. The number of carbonyl (C=O) groups excluding carboxylic acids is 6. The fourth-order valence-corrected chi connectivity index (χ4v) is 6.20. The van der Waals surface area contributed by atoms with Crippen LogP contribution in [0.5, 0.6) is 0 Å². The largest absolute Gasteiger partial charge is 0.468 e. The summed E-state index contributed by atoms with van der Waals surface area (Å²) in [5, 5.41) is 0. The van der Waals surface area contributed by atoms with E-state index in [1.165, 1.54) is 20.1 Å². The topological polar surface area (TPSA) is 167 Å². The first-order chi connectivity index (χ1) is 20.5. The lowest BCUT2D eigenvalue weighted by molar-refractivity contribution is -0.297. The molecule has 0 amide bonds. The first kappa shape index (κ1) is 34.7. The van der Waals surface area contributed by atoms with Gasteiger partial charge in [-0.05, 0) is 43.3 Å². The van der Waals surface area contributed by atoms with E-state index >= 15 is 0 Å². The predicted molar refractivity (Wildman–Crippen MR) is 150 cm³/mol. The summed E-state index contributed by atoms with van der Waals surface area (Å²) < 4.78 is 38.8. The van der Waals surface area contributed by atoms with E-state index in [1.807, 2.05) is 6.92 Å². The normalized spacial score (nSPS) is 33.6. The van der Waals surface area contributed by atoms with E-state index < -0.39 is 72.5 Å². The van der Waals surface area contributed by atoms with E-state index in [2.05, 4.69) is 6.92 Å². The average molecular weight is 623 g/mol. The molecule has 0 aromatic rings. The van der Waals surface area contributed by atoms with Gasteiger partial charge in [-0.15, -0.1) is 0 Å². The van der Waals surface area contributed by atoms with Crippen LogP contribution in [0.25, 0.3) is 0 Å². The van der Waals surface area contributed by atoms with E-state index in [-0.39, 0.29) is 23.8 Å². The maximum atomic E-state index is 13.3. The summed E-state index contributed by atoms with van der Waals surface area (Å²) in [6, 6.07) is 0. The van der Waals surface area contributed by atoms with Crippen molar-refractivity contribution >= 4 is 35.6 Å². The molecule has 0 spiro atoms. The molecule has 2 aliphatic carbocycles. The Kier molecular flexibility index (Phi) is 11.3. The first-order valence-electron chi connectivity index (χ1n) is 14.6. The second-order valence-corrected chi connectivity index (χ2v) is 11.8. The van der Waals surface area contributed by atoms with Gasteiger partial charge in [0.1, 0.15) is 18.8 Å². The van der Waals surface area contributed by atoms with Gasteiger partial charge in [-0.3, -0.25) is 28.8 Å². The number of hydrogen-bond acceptors (Lipinski definition) is 13. The molecule has 13 nitrogen and oxygen atoms in total. The highest BCUT2D eigenvalue weighted by molar-refractivity contribution is 5.95. The van der Waals surface area contributed by atoms with Crippen LogP contribution in [0.1, 0.15) is 74.7 Å². The van der Waals surface area contributed by atoms with E-state index in [0.717, 1.165) is 26.3 Å². The number of ether oxygens (including phenoxy) is 7. The Morgan fingerprint density at radius 2 is 1.43 bits per heavy atom. The smallest absolute Gasteiger partial charge is 0.303 e. The molecular weight excluding hydrogens is 580 g/mol. The molecule has 13 heteroatoms. The molecule has 0 bridgehead atoms. The van der Waals surface area contributed by atoms with Crippen LogP contribution in [0.3, 0.4) is 0 Å². The molecule has 0 aromatic heterocycles. The lowest BCUT2D eigenvalue weighted by Crippen LogP contribution is -2.62. The van der Waals surface area contributed by atoms with Crippen molar-refractivity contribution in [2.24, 2.45) is 17.3 Å². The lowest BCUT2D eigenvalue weighted by Gasteiger charge is -2.49. The maximum absolute atomic E-state index is 13.3. The number of rotatable bonds is 9. The van der Waals surface area contributed by atoms with Crippen LogP contribution in [-0.4, -0.2) is 79.0 Å². The fraction of sp³-hybridized carbons (Fsp3) is 0.677. The van der Waals surface area contributed by atoms with Crippen molar-refractivity contribution in [3.8, 4) is 0 Å². The monoisotopic (exact) mass is 622 g/mol. The number of hydrogen-bond donors (Lipinski definition) is 0. The molecule has 3 rings (SSSR count). The van der Waals surface area contributed by atoms with Gasteiger partial charge >= 0.3 is 29.8 Å². The van der Waals surface area contributed by atoms with Crippen molar-refractivity contribution in [3.05, 3.63) is 23.5 Å². The minimum Gasteiger partial charge on any atom is -0.468 e. The molecule has 2 fully saturated rings. The molecule has 0 aromatic carbocycles. The van der Waals surface area contributed by atoms with Crippen LogP contribution in [0.15, 0.2) is 23.5 Å².